The van der Waals surface area contributed by atoms with Crippen molar-refractivity contribution in [3.63, 3.8) is 0 Å². The number of likely N-dealkylation sites (tertiary alicyclic amines) is 1. The van der Waals surface area contributed by atoms with Gasteiger partial charge in [0, 0.05) is 23.8 Å². The predicted molar refractivity (Wildman–Crippen MR) is 195 cm³/mol. The number of aliphatic hydroxyl groups excluding tert-OH is 1. The zero-order chi connectivity index (χ0) is 36.1. The van der Waals surface area contributed by atoms with Crippen LogP contribution in [0.2, 0.25) is 0 Å². The molecule has 2 N–H and O–H groups in total. The minimum atomic E-state index is -1.34. The molecule has 1 aliphatic carbocycles. The van der Waals surface area contributed by atoms with Gasteiger partial charge in [0.2, 0.25) is 17.7 Å². The van der Waals surface area contributed by atoms with Gasteiger partial charge < -0.3 is 29.7 Å². The second-order valence-corrected chi connectivity index (χ2v) is 15.2. The number of carbonyl (C=O) groups is 4. The summed E-state index contributed by atoms with van der Waals surface area (Å²) in [6, 6.07) is 16.4. The van der Waals surface area contributed by atoms with Crippen LogP contribution in [-0.4, -0.2) is 86.9 Å². The van der Waals surface area contributed by atoms with Crippen molar-refractivity contribution in [1.82, 2.24) is 15.1 Å². The van der Waals surface area contributed by atoms with E-state index < -0.39 is 60.2 Å². The Hall–Kier alpha value is -3.80. The maximum Gasteiger partial charge on any atom is 0.313 e. The molecule has 3 aliphatic heterocycles. The number of aliphatic hydroxyl groups is 1. The third-order valence-corrected chi connectivity index (χ3v) is 11.9. The van der Waals surface area contributed by atoms with E-state index in [4.69, 9.17) is 9.47 Å². The van der Waals surface area contributed by atoms with Crippen molar-refractivity contribution in [2.24, 2.45) is 11.8 Å². The van der Waals surface area contributed by atoms with E-state index >= 15 is 4.79 Å². The Labute approximate surface area is 308 Å². The molecule has 51 heavy (non-hydrogen) atoms. The minimum absolute atomic E-state index is 0.0200. The van der Waals surface area contributed by atoms with Gasteiger partial charge in [-0.1, -0.05) is 108 Å². The Morgan fingerprint density at radius 3 is 2.33 bits per heavy atom. The summed E-state index contributed by atoms with van der Waals surface area (Å²) < 4.78 is 13.0. The Kier molecular flexibility index (Phi) is 11.8. The van der Waals surface area contributed by atoms with Crippen LogP contribution in [0.15, 0.2) is 86.0 Å². The fourth-order valence-corrected chi connectivity index (χ4v) is 9.67. The lowest BCUT2D eigenvalue weighted by Crippen LogP contribution is -2.59. The number of hydrogen-bond donors (Lipinski definition) is 2. The number of amides is 3. The van der Waals surface area contributed by atoms with Gasteiger partial charge in [0.1, 0.15) is 17.7 Å². The topological polar surface area (TPSA) is 125 Å². The number of allylic oxidation sites excluding steroid dienone is 1. The van der Waals surface area contributed by atoms with E-state index in [1.165, 1.54) is 4.90 Å². The van der Waals surface area contributed by atoms with Gasteiger partial charge in [-0.2, -0.15) is 0 Å². The molecule has 0 radical (unpaired) electrons. The quantitative estimate of drug-likeness (QED) is 0.146. The van der Waals surface area contributed by atoms with Crippen molar-refractivity contribution in [2.45, 2.75) is 92.1 Å². The van der Waals surface area contributed by atoms with E-state index in [1.807, 2.05) is 65.6 Å². The monoisotopic (exact) mass is 761 g/mol. The number of nitrogens with one attached hydrogen (secondary N) is 1. The number of fused-ring (bicyclic) bond motifs is 1. The molecule has 3 amide bonds. The van der Waals surface area contributed by atoms with Crippen LogP contribution >= 0.6 is 15.9 Å². The summed E-state index contributed by atoms with van der Waals surface area (Å²) in [5.74, 6) is -3.57. The lowest BCUT2D eigenvalue weighted by atomic mass is 9.70. The summed E-state index contributed by atoms with van der Waals surface area (Å²) in [5, 5.41) is 13.8. The third-order valence-electron chi connectivity index (χ3n) is 11.0. The standard InChI is InChI=1S/C40H48BrN3O7/c1-3-5-21-32(46)42-24-31(27-17-11-7-12-18-27)50-39(49)33-34-37(47)44(30(25-45)26-15-9-6-10-16-26)36(40(34)23-29(41)35(33)51-40)38(48)43(22-4-2)28-19-13-8-14-20-28/h3-4,6-7,9-12,15-18,28-31,33-36,45H,1-2,5,8,13-14,19-25H2,(H,42,46)/t29?,30-,31-,33-,34+,35-,36-,40+/m1/s1. The number of rotatable bonds is 15. The van der Waals surface area contributed by atoms with Crippen molar-refractivity contribution in [3.8, 4) is 0 Å². The van der Waals surface area contributed by atoms with E-state index in [1.54, 1.807) is 12.2 Å². The summed E-state index contributed by atoms with van der Waals surface area (Å²) in [5.41, 5.74) is 0.0259. The van der Waals surface area contributed by atoms with Gasteiger partial charge in [0.15, 0.2) is 0 Å². The largest absolute Gasteiger partial charge is 0.455 e. The number of halogens is 1. The van der Waals surface area contributed by atoms with Gasteiger partial charge in [0.25, 0.3) is 0 Å². The number of ether oxygens (including phenoxy) is 2. The molecule has 2 aromatic rings. The van der Waals surface area contributed by atoms with Crippen LogP contribution in [-0.2, 0) is 28.7 Å². The normalized spacial score (nSPS) is 28.1. The Bertz CT molecular complexity index is 1580. The fourth-order valence-electron chi connectivity index (χ4n) is 8.73. The van der Waals surface area contributed by atoms with Crippen molar-refractivity contribution >= 4 is 39.6 Å². The first kappa shape index (κ1) is 37.0. The van der Waals surface area contributed by atoms with Crippen LogP contribution in [0.4, 0.5) is 0 Å². The van der Waals surface area contributed by atoms with Crippen LogP contribution in [0.25, 0.3) is 0 Å². The molecular formula is C40H48BrN3O7. The van der Waals surface area contributed by atoms with Gasteiger partial charge in [-0.3, -0.25) is 19.2 Å². The molecule has 2 aromatic carbocycles. The zero-order valence-corrected chi connectivity index (χ0v) is 30.5. The average molecular weight is 763 g/mol. The highest BCUT2D eigenvalue weighted by Crippen LogP contribution is 2.61. The summed E-state index contributed by atoms with van der Waals surface area (Å²) in [6.45, 7) is 7.54. The first-order valence-corrected chi connectivity index (χ1v) is 19.0. The number of carbonyl (C=O) groups excluding carboxylic acids is 4. The molecule has 4 aliphatic rings. The summed E-state index contributed by atoms with van der Waals surface area (Å²) in [4.78, 5) is 60.0. The SMILES string of the molecule is C=CCCC(=O)NC[C@@H](OC(=O)[C@H]1[C@@H]2O[C@@]3(CC2Br)[C@@H]1C(=O)N([C@H](CO)c1ccccc1)[C@@H]3C(=O)N(CC=C)C1CCCCC1)c1ccccc1. The smallest absolute Gasteiger partial charge is 0.313 e. The van der Waals surface area contributed by atoms with Gasteiger partial charge >= 0.3 is 5.97 Å². The molecule has 0 aromatic heterocycles. The second-order valence-electron chi connectivity index (χ2n) is 14.1. The van der Waals surface area contributed by atoms with Crippen LogP contribution < -0.4 is 5.32 Å². The molecular weight excluding hydrogens is 714 g/mol. The Morgan fingerprint density at radius 1 is 1.04 bits per heavy atom. The molecule has 6 rings (SSSR count). The van der Waals surface area contributed by atoms with Crippen molar-refractivity contribution in [2.75, 3.05) is 19.7 Å². The number of nitrogens with zero attached hydrogens (tertiary/aromatic N) is 2. The predicted octanol–water partition coefficient (Wildman–Crippen LogP) is 5.18. The maximum atomic E-state index is 15.1. The Morgan fingerprint density at radius 2 is 1.71 bits per heavy atom. The average Bonchev–Trinajstić information content (AvgIpc) is 3.75. The second kappa shape index (κ2) is 16.3. The van der Waals surface area contributed by atoms with E-state index in [0.29, 0.717) is 30.5 Å². The number of hydrogen-bond acceptors (Lipinski definition) is 7. The highest BCUT2D eigenvalue weighted by molar-refractivity contribution is 9.09. The molecule has 1 saturated carbocycles. The highest BCUT2D eigenvalue weighted by Gasteiger charge is 2.78. The van der Waals surface area contributed by atoms with E-state index in [0.717, 1.165) is 32.1 Å². The van der Waals surface area contributed by atoms with Gasteiger partial charge in [0.05, 0.1) is 37.1 Å². The first-order valence-electron chi connectivity index (χ1n) is 18.1. The lowest BCUT2D eigenvalue weighted by Gasteiger charge is -2.42. The van der Waals surface area contributed by atoms with Crippen LogP contribution in [0.5, 0.6) is 0 Å². The molecule has 8 atom stereocenters. The molecule has 4 fully saturated rings. The number of benzene rings is 2. The molecule has 3 heterocycles. The van der Waals surface area contributed by atoms with Gasteiger partial charge in [-0.15, -0.1) is 13.2 Å². The zero-order valence-electron chi connectivity index (χ0n) is 28.9. The summed E-state index contributed by atoms with van der Waals surface area (Å²) in [6.07, 6.45) is 7.73. The molecule has 10 nitrogen and oxygen atoms in total. The van der Waals surface area contributed by atoms with Crippen molar-refractivity contribution < 1.29 is 33.8 Å². The number of alkyl halides is 1. The van der Waals surface area contributed by atoms with E-state index in [-0.39, 0.29) is 35.6 Å². The Balaban J connectivity index is 1.37. The molecule has 1 spiro atoms. The fraction of sp³-hybridized carbons (Fsp3) is 0.500. The summed E-state index contributed by atoms with van der Waals surface area (Å²) >= 11 is 3.76. The highest BCUT2D eigenvalue weighted by atomic mass is 79.9. The van der Waals surface area contributed by atoms with Crippen LogP contribution in [0, 0.1) is 11.8 Å². The molecule has 2 bridgehead atoms. The van der Waals surface area contributed by atoms with Gasteiger partial charge in [-0.25, -0.2) is 0 Å². The molecule has 1 unspecified atom stereocenters. The van der Waals surface area contributed by atoms with Crippen LogP contribution in [0.1, 0.15) is 74.6 Å². The molecule has 272 valence electrons. The van der Waals surface area contributed by atoms with E-state index in [2.05, 4.69) is 34.4 Å². The molecule has 11 heteroatoms. The third kappa shape index (κ3) is 7.17. The van der Waals surface area contributed by atoms with Crippen molar-refractivity contribution in [1.29, 1.82) is 0 Å². The maximum absolute atomic E-state index is 15.1. The minimum Gasteiger partial charge on any atom is -0.455 e. The first-order chi connectivity index (χ1) is 24.7. The van der Waals surface area contributed by atoms with Crippen molar-refractivity contribution in [3.05, 3.63) is 97.1 Å². The summed E-state index contributed by atoms with van der Waals surface area (Å²) in [7, 11) is 0. The molecule has 3 saturated heterocycles. The van der Waals surface area contributed by atoms with Gasteiger partial charge in [-0.05, 0) is 36.8 Å². The number of esters is 1. The van der Waals surface area contributed by atoms with E-state index in [9.17, 15) is 19.5 Å². The van der Waals surface area contributed by atoms with Crippen LogP contribution in [0.3, 0.4) is 0 Å². The lowest BCUT2D eigenvalue weighted by molar-refractivity contribution is -0.161.